The van der Waals surface area contributed by atoms with E-state index in [0.29, 0.717) is 6.61 Å². The standard InChI is InChI=1S/C17H25NO/c1-7-8-9-19-16-13(2)10-15(11-14(16)3)12-18-17(4,5)6/h10-11,18H,9,12H2,1-6H3. The maximum absolute atomic E-state index is 5.71. The van der Waals surface area contributed by atoms with Crippen LogP contribution in [0.5, 0.6) is 5.75 Å². The van der Waals surface area contributed by atoms with Gasteiger partial charge >= 0.3 is 0 Å². The first-order valence-corrected chi connectivity index (χ1v) is 6.71. The highest BCUT2D eigenvalue weighted by molar-refractivity contribution is 5.43. The van der Waals surface area contributed by atoms with Crippen LogP contribution in [-0.2, 0) is 6.54 Å². The van der Waals surface area contributed by atoms with E-state index in [0.717, 1.165) is 12.3 Å². The quantitative estimate of drug-likeness (QED) is 0.834. The average Bonchev–Trinajstić information content (AvgIpc) is 2.29. The van der Waals surface area contributed by atoms with Gasteiger partial charge in [-0.25, -0.2) is 0 Å². The molecule has 2 nitrogen and oxygen atoms in total. The zero-order valence-corrected chi connectivity index (χ0v) is 13.0. The minimum absolute atomic E-state index is 0.133. The Morgan fingerprint density at radius 1 is 1.16 bits per heavy atom. The molecule has 0 spiro atoms. The fourth-order valence-corrected chi connectivity index (χ4v) is 1.92. The summed E-state index contributed by atoms with van der Waals surface area (Å²) in [6, 6.07) is 4.36. The Hall–Kier alpha value is -1.46. The SMILES string of the molecule is CC#CCOc1c(C)cc(CNC(C)(C)C)cc1C. The summed E-state index contributed by atoms with van der Waals surface area (Å²) in [6.45, 7) is 13.8. The number of hydrogen-bond donors (Lipinski definition) is 1. The second kappa shape index (κ2) is 6.63. The summed E-state index contributed by atoms with van der Waals surface area (Å²) in [4.78, 5) is 0. The minimum atomic E-state index is 0.133. The van der Waals surface area contributed by atoms with Crippen LogP contribution < -0.4 is 10.1 Å². The molecular weight excluding hydrogens is 234 g/mol. The van der Waals surface area contributed by atoms with Gasteiger partial charge < -0.3 is 10.1 Å². The van der Waals surface area contributed by atoms with Gasteiger partial charge in [-0.15, -0.1) is 5.92 Å². The highest BCUT2D eigenvalue weighted by Crippen LogP contribution is 2.25. The summed E-state index contributed by atoms with van der Waals surface area (Å²) in [5, 5.41) is 3.50. The zero-order valence-electron chi connectivity index (χ0n) is 13.0. The number of aryl methyl sites for hydroxylation is 2. The molecule has 0 saturated carbocycles. The summed E-state index contributed by atoms with van der Waals surface area (Å²) in [5.41, 5.74) is 3.76. The summed E-state index contributed by atoms with van der Waals surface area (Å²) in [5.74, 6) is 6.73. The van der Waals surface area contributed by atoms with Crippen LogP contribution in [0.25, 0.3) is 0 Å². The lowest BCUT2D eigenvalue weighted by atomic mass is 10.0. The first kappa shape index (κ1) is 15.6. The van der Waals surface area contributed by atoms with Crippen molar-refractivity contribution in [1.29, 1.82) is 0 Å². The van der Waals surface area contributed by atoms with Crippen LogP contribution in [0.3, 0.4) is 0 Å². The van der Waals surface area contributed by atoms with Crippen LogP contribution >= 0.6 is 0 Å². The van der Waals surface area contributed by atoms with Gasteiger partial charge in [-0.05, 0) is 58.2 Å². The van der Waals surface area contributed by atoms with E-state index in [1.54, 1.807) is 0 Å². The number of rotatable bonds is 4. The third-order valence-corrected chi connectivity index (χ3v) is 2.81. The fourth-order valence-electron chi connectivity index (χ4n) is 1.92. The topological polar surface area (TPSA) is 21.3 Å². The number of hydrogen-bond acceptors (Lipinski definition) is 2. The van der Waals surface area contributed by atoms with Gasteiger partial charge in [0.1, 0.15) is 12.4 Å². The smallest absolute Gasteiger partial charge is 0.149 e. The molecule has 0 unspecified atom stereocenters. The number of ether oxygens (including phenoxy) is 1. The van der Waals surface area contributed by atoms with Crippen LogP contribution in [0.15, 0.2) is 12.1 Å². The van der Waals surface area contributed by atoms with Crippen LogP contribution in [0.1, 0.15) is 44.4 Å². The fraction of sp³-hybridized carbons (Fsp3) is 0.529. The van der Waals surface area contributed by atoms with Crippen molar-refractivity contribution in [3.05, 3.63) is 28.8 Å². The van der Waals surface area contributed by atoms with Crippen molar-refractivity contribution >= 4 is 0 Å². The minimum Gasteiger partial charge on any atom is -0.480 e. The lowest BCUT2D eigenvalue weighted by Gasteiger charge is -2.21. The molecule has 0 fully saturated rings. The molecule has 0 bridgehead atoms. The second-order valence-corrected chi connectivity index (χ2v) is 5.88. The van der Waals surface area contributed by atoms with Gasteiger partial charge in [-0.2, -0.15) is 0 Å². The molecule has 0 aliphatic rings. The maximum atomic E-state index is 5.71. The van der Waals surface area contributed by atoms with Gasteiger partial charge in [0, 0.05) is 12.1 Å². The molecule has 0 heterocycles. The summed E-state index contributed by atoms with van der Waals surface area (Å²) >= 11 is 0. The largest absolute Gasteiger partial charge is 0.480 e. The molecular formula is C17H25NO. The van der Waals surface area contributed by atoms with Crippen LogP contribution in [0.4, 0.5) is 0 Å². The molecule has 0 aliphatic heterocycles. The molecule has 0 radical (unpaired) electrons. The molecule has 2 heteroatoms. The highest BCUT2D eigenvalue weighted by atomic mass is 16.5. The lowest BCUT2D eigenvalue weighted by molar-refractivity contribution is 0.364. The Kier molecular flexibility index (Phi) is 5.44. The molecule has 0 atom stereocenters. The lowest BCUT2D eigenvalue weighted by Crippen LogP contribution is -2.35. The van der Waals surface area contributed by atoms with Crippen molar-refractivity contribution in [2.24, 2.45) is 0 Å². The Labute approximate surface area is 117 Å². The van der Waals surface area contributed by atoms with Gasteiger partial charge in [0.15, 0.2) is 0 Å². The van der Waals surface area contributed by atoms with Crippen molar-refractivity contribution < 1.29 is 4.74 Å². The third kappa shape index (κ3) is 5.36. The average molecular weight is 259 g/mol. The van der Waals surface area contributed by atoms with E-state index in [-0.39, 0.29) is 5.54 Å². The predicted molar refractivity (Wildman–Crippen MR) is 81.5 cm³/mol. The molecule has 1 rings (SSSR count). The zero-order chi connectivity index (χ0) is 14.5. The Balaban J connectivity index is 2.80. The summed E-state index contributed by atoms with van der Waals surface area (Å²) in [7, 11) is 0. The highest BCUT2D eigenvalue weighted by Gasteiger charge is 2.10. The van der Waals surface area contributed by atoms with E-state index in [2.05, 4.69) is 63.9 Å². The van der Waals surface area contributed by atoms with Crippen molar-refractivity contribution in [3.63, 3.8) is 0 Å². The van der Waals surface area contributed by atoms with E-state index in [1.165, 1.54) is 16.7 Å². The van der Waals surface area contributed by atoms with E-state index in [4.69, 9.17) is 4.74 Å². The van der Waals surface area contributed by atoms with Crippen molar-refractivity contribution in [2.45, 2.75) is 53.6 Å². The first-order chi connectivity index (χ1) is 8.83. The molecule has 1 aromatic rings. The van der Waals surface area contributed by atoms with Gasteiger partial charge in [-0.3, -0.25) is 0 Å². The Morgan fingerprint density at radius 3 is 2.21 bits per heavy atom. The van der Waals surface area contributed by atoms with Crippen LogP contribution in [-0.4, -0.2) is 12.1 Å². The Bertz CT molecular complexity index is 463. The van der Waals surface area contributed by atoms with Crippen LogP contribution in [0, 0.1) is 25.7 Å². The summed E-state index contributed by atoms with van der Waals surface area (Å²) in [6.07, 6.45) is 0. The Morgan fingerprint density at radius 2 is 1.74 bits per heavy atom. The normalized spacial score (nSPS) is 10.8. The van der Waals surface area contributed by atoms with Gasteiger partial charge in [-0.1, -0.05) is 18.1 Å². The second-order valence-electron chi connectivity index (χ2n) is 5.88. The third-order valence-electron chi connectivity index (χ3n) is 2.81. The molecule has 0 saturated heterocycles. The molecule has 0 aromatic heterocycles. The molecule has 19 heavy (non-hydrogen) atoms. The van der Waals surface area contributed by atoms with E-state index in [9.17, 15) is 0 Å². The van der Waals surface area contributed by atoms with E-state index >= 15 is 0 Å². The van der Waals surface area contributed by atoms with Gasteiger partial charge in [0.2, 0.25) is 0 Å². The molecule has 1 aromatic carbocycles. The van der Waals surface area contributed by atoms with Crippen molar-refractivity contribution in [1.82, 2.24) is 5.32 Å². The van der Waals surface area contributed by atoms with Crippen molar-refractivity contribution in [2.75, 3.05) is 6.61 Å². The number of benzene rings is 1. The maximum Gasteiger partial charge on any atom is 0.149 e. The van der Waals surface area contributed by atoms with Gasteiger partial charge in [0.25, 0.3) is 0 Å². The van der Waals surface area contributed by atoms with Crippen molar-refractivity contribution in [3.8, 4) is 17.6 Å². The molecule has 1 N–H and O–H groups in total. The number of nitrogens with one attached hydrogen (secondary N) is 1. The molecule has 0 amide bonds. The molecule has 104 valence electrons. The predicted octanol–water partition coefficient (Wildman–Crippen LogP) is 3.59. The van der Waals surface area contributed by atoms with E-state index < -0.39 is 0 Å². The van der Waals surface area contributed by atoms with Crippen LogP contribution in [0.2, 0.25) is 0 Å². The first-order valence-electron chi connectivity index (χ1n) is 6.71. The molecule has 0 aliphatic carbocycles. The monoisotopic (exact) mass is 259 g/mol. The van der Waals surface area contributed by atoms with E-state index in [1.807, 2.05) is 6.92 Å². The summed E-state index contributed by atoms with van der Waals surface area (Å²) < 4.78 is 5.71. The van der Waals surface area contributed by atoms with Gasteiger partial charge in [0.05, 0.1) is 0 Å².